The zero-order valence-corrected chi connectivity index (χ0v) is 15.9. The van der Waals surface area contributed by atoms with E-state index in [1.807, 2.05) is 29.9 Å². The fourth-order valence-electron chi connectivity index (χ4n) is 3.93. The molecule has 1 unspecified atom stereocenters. The third-order valence-corrected chi connectivity index (χ3v) is 5.39. The van der Waals surface area contributed by atoms with Crippen LogP contribution in [0.5, 0.6) is 0 Å². The summed E-state index contributed by atoms with van der Waals surface area (Å²) in [6, 6.07) is 7.24. The molecular weight excluding hydrogens is 356 g/mol. The summed E-state index contributed by atoms with van der Waals surface area (Å²) < 4.78 is 4.06. The monoisotopic (exact) mass is 380 g/mol. The minimum atomic E-state index is -0.874. The number of piperidine rings is 1. The van der Waals surface area contributed by atoms with Gasteiger partial charge in [-0.2, -0.15) is 0 Å². The molecule has 3 aromatic rings. The molecule has 0 amide bonds. The summed E-state index contributed by atoms with van der Waals surface area (Å²) in [6.45, 7) is 3.10. The number of hydrogen-bond donors (Lipinski definition) is 1. The molecule has 146 valence electrons. The number of carbonyl (C=O) groups is 1. The normalized spacial score (nSPS) is 17.7. The molecule has 1 aromatic carbocycles. The summed E-state index contributed by atoms with van der Waals surface area (Å²) in [6.07, 6.45) is 7.57. The van der Waals surface area contributed by atoms with Crippen molar-refractivity contribution in [2.75, 3.05) is 13.1 Å². The van der Waals surface area contributed by atoms with Gasteiger partial charge in [0.15, 0.2) is 5.82 Å². The summed E-state index contributed by atoms with van der Waals surface area (Å²) in [5, 5.41) is 18.3. The maximum Gasteiger partial charge on any atom is 0.336 e. The van der Waals surface area contributed by atoms with E-state index >= 15 is 0 Å². The first kappa shape index (κ1) is 18.4. The molecule has 3 heterocycles. The summed E-state index contributed by atoms with van der Waals surface area (Å²) >= 11 is 0. The number of likely N-dealkylation sites (tertiary alicyclic amines) is 1. The molecular formula is C20H24N6O2. The molecule has 2 aromatic heterocycles. The van der Waals surface area contributed by atoms with E-state index in [1.54, 1.807) is 24.7 Å². The van der Waals surface area contributed by atoms with E-state index in [1.165, 1.54) is 0 Å². The molecule has 8 heteroatoms. The average molecular weight is 380 g/mol. The largest absolute Gasteiger partial charge is 0.478 e. The first-order valence-corrected chi connectivity index (χ1v) is 9.49. The van der Waals surface area contributed by atoms with Crippen LogP contribution in [0.3, 0.4) is 0 Å². The van der Waals surface area contributed by atoms with Crippen LogP contribution in [0.25, 0.3) is 0 Å². The molecule has 8 nitrogen and oxygen atoms in total. The van der Waals surface area contributed by atoms with Crippen molar-refractivity contribution in [2.45, 2.75) is 31.8 Å². The topological polar surface area (TPSA) is 89.1 Å². The highest BCUT2D eigenvalue weighted by atomic mass is 16.4. The second-order valence-electron chi connectivity index (χ2n) is 7.31. The predicted octanol–water partition coefficient (Wildman–Crippen LogP) is 2.14. The minimum absolute atomic E-state index is 0.291. The van der Waals surface area contributed by atoms with Gasteiger partial charge >= 0.3 is 5.97 Å². The Morgan fingerprint density at radius 3 is 2.89 bits per heavy atom. The fourth-order valence-corrected chi connectivity index (χ4v) is 3.93. The molecule has 0 saturated carbocycles. The Labute approximate surface area is 163 Å². The summed E-state index contributed by atoms with van der Waals surface area (Å²) in [5.74, 6) is 1.31. The van der Waals surface area contributed by atoms with Crippen LogP contribution in [0.4, 0.5) is 0 Å². The smallest absolute Gasteiger partial charge is 0.336 e. The van der Waals surface area contributed by atoms with Crippen LogP contribution in [0, 0.1) is 0 Å². The molecule has 1 fully saturated rings. The maximum absolute atomic E-state index is 11.5. The van der Waals surface area contributed by atoms with Crippen LogP contribution >= 0.6 is 0 Å². The van der Waals surface area contributed by atoms with E-state index in [-0.39, 0.29) is 0 Å². The highest BCUT2D eigenvalue weighted by Crippen LogP contribution is 2.27. The molecule has 4 rings (SSSR count). The standard InChI is InChI=1S/C20H24N6O2/c1-24-18(13-26-10-8-21-14-26)22-23-19(24)16-6-4-9-25(12-16)11-15-5-2-3-7-17(15)20(27)28/h2-3,5,7-8,10,14,16H,4,6,9,11-13H2,1H3,(H,27,28). The Morgan fingerprint density at radius 1 is 1.25 bits per heavy atom. The lowest BCUT2D eigenvalue weighted by atomic mass is 9.96. The molecule has 0 radical (unpaired) electrons. The van der Waals surface area contributed by atoms with Gasteiger partial charge in [0.1, 0.15) is 5.82 Å². The van der Waals surface area contributed by atoms with E-state index in [0.29, 0.717) is 24.6 Å². The van der Waals surface area contributed by atoms with Gasteiger partial charge in [-0.3, -0.25) is 4.90 Å². The number of nitrogens with zero attached hydrogens (tertiary/aromatic N) is 6. The van der Waals surface area contributed by atoms with Gasteiger partial charge < -0.3 is 14.2 Å². The van der Waals surface area contributed by atoms with Crippen LogP contribution in [0.1, 0.15) is 46.3 Å². The van der Waals surface area contributed by atoms with Crippen LogP contribution in [-0.2, 0) is 20.1 Å². The van der Waals surface area contributed by atoms with Gasteiger partial charge in [0, 0.05) is 38.4 Å². The number of benzene rings is 1. The van der Waals surface area contributed by atoms with Gasteiger partial charge in [-0.1, -0.05) is 18.2 Å². The third-order valence-electron chi connectivity index (χ3n) is 5.39. The molecule has 1 saturated heterocycles. The first-order chi connectivity index (χ1) is 13.6. The van der Waals surface area contributed by atoms with Crippen molar-refractivity contribution in [3.05, 3.63) is 65.8 Å². The lowest BCUT2D eigenvalue weighted by Gasteiger charge is -2.32. The summed E-state index contributed by atoms with van der Waals surface area (Å²) in [5.41, 5.74) is 1.24. The van der Waals surface area contributed by atoms with Crippen LogP contribution in [-0.4, -0.2) is 53.4 Å². The van der Waals surface area contributed by atoms with Gasteiger partial charge in [0.25, 0.3) is 0 Å². The number of aromatic carboxylic acids is 1. The number of imidazole rings is 1. The molecule has 0 bridgehead atoms. The van der Waals surface area contributed by atoms with Crippen LogP contribution < -0.4 is 0 Å². The predicted molar refractivity (Wildman–Crippen MR) is 103 cm³/mol. The van der Waals surface area contributed by atoms with E-state index in [2.05, 4.69) is 24.6 Å². The molecule has 1 aliphatic heterocycles. The van der Waals surface area contributed by atoms with Crippen LogP contribution in [0.15, 0.2) is 43.0 Å². The summed E-state index contributed by atoms with van der Waals surface area (Å²) in [7, 11) is 2.01. The van der Waals surface area contributed by atoms with Crippen molar-refractivity contribution in [3.8, 4) is 0 Å². The SMILES string of the molecule is Cn1c(Cn2ccnc2)nnc1C1CCCN(Cc2ccccc2C(=O)O)C1. The van der Waals surface area contributed by atoms with Crippen molar-refractivity contribution >= 4 is 5.97 Å². The van der Waals surface area contributed by atoms with Gasteiger partial charge in [0.2, 0.25) is 0 Å². The Hall–Kier alpha value is -3.00. The number of aromatic nitrogens is 5. The highest BCUT2D eigenvalue weighted by molar-refractivity contribution is 5.89. The number of rotatable bonds is 6. The quantitative estimate of drug-likeness (QED) is 0.705. The van der Waals surface area contributed by atoms with E-state index in [4.69, 9.17) is 0 Å². The lowest BCUT2D eigenvalue weighted by Crippen LogP contribution is -2.35. The number of carboxylic acids is 1. The first-order valence-electron chi connectivity index (χ1n) is 9.49. The summed E-state index contributed by atoms with van der Waals surface area (Å²) in [4.78, 5) is 17.9. The number of carboxylic acid groups (broad SMARTS) is 1. The zero-order chi connectivity index (χ0) is 19.5. The second kappa shape index (κ2) is 7.93. The van der Waals surface area contributed by atoms with Crippen molar-refractivity contribution in [2.24, 2.45) is 7.05 Å². The Kier molecular flexibility index (Phi) is 5.21. The van der Waals surface area contributed by atoms with Gasteiger partial charge in [-0.05, 0) is 31.0 Å². The second-order valence-corrected chi connectivity index (χ2v) is 7.31. The Bertz CT molecular complexity index is 950. The maximum atomic E-state index is 11.5. The number of hydrogen-bond acceptors (Lipinski definition) is 5. The van der Waals surface area contributed by atoms with Crippen molar-refractivity contribution in [1.29, 1.82) is 0 Å². The molecule has 1 aliphatic rings. The highest BCUT2D eigenvalue weighted by Gasteiger charge is 2.26. The minimum Gasteiger partial charge on any atom is -0.478 e. The lowest BCUT2D eigenvalue weighted by molar-refractivity contribution is 0.0694. The average Bonchev–Trinajstić information content (AvgIpc) is 3.33. The van der Waals surface area contributed by atoms with Crippen molar-refractivity contribution in [3.63, 3.8) is 0 Å². The molecule has 1 N–H and O–H groups in total. The van der Waals surface area contributed by atoms with E-state index < -0.39 is 5.97 Å². The molecule has 0 aliphatic carbocycles. The molecule has 1 atom stereocenters. The van der Waals surface area contributed by atoms with Crippen molar-refractivity contribution < 1.29 is 9.90 Å². The molecule has 28 heavy (non-hydrogen) atoms. The van der Waals surface area contributed by atoms with Gasteiger partial charge in [0.05, 0.1) is 18.4 Å². The Balaban J connectivity index is 1.47. The fraction of sp³-hybridized carbons (Fsp3) is 0.400. The molecule has 0 spiro atoms. The van der Waals surface area contributed by atoms with E-state index in [0.717, 1.165) is 43.1 Å². The zero-order valence-electron chi connectivity index (χ0n) is 15.9. The van der Waals surface area contributed by atoms with Crippen molar-refractivity contribution in [1.82, 2.24) is 29.2 Å². The van der Waals surface area contributed by atoms with Crippen LogP contribution in [0.2, 0.25) is 0 Å². The van der Waals surface area contributed by atoms with Gasteiger partial charge in [-0.25, -0.2) is 9.78 Å². The van der Waals surface area contributed by atoms with Gasteiger partial charge in [-0.15, -0.1) is 10.2 Å². The third kappa shape index (κ3) is 3.82. The Morgan fingerprint density at radius 2 is 2.11 bits per heavy atom. The van der Waals surface area contributed by atoms with E-state index in [9.17, 15) is 9.90 Å².